The highest BCUT2D eigenvalue weighted by molar-refractivity contribution is 5.59. The van der Waals surface area contributed by atoms with Gasteiger partial charge in [-0.2, -0.15) is 0 Å². The molecule has 1 saturated heterocycles. The highest BCUT2D eigenvalue weighted by Gasteiger charge is 2.22. The first kappa shape index (κ1) is 12.2. The molecule has 94 valence electrons. The highest BCUT2D eigenvalue weighted by Crippen LogP contribution is 2.30. The molecule has 1 atom stereocenters. The Morgan fingerprint density at radius 2 is 2.18 bits per heavy atom. The van der Waals surface area contributed by atoms with Gasteiger partial charge in [0.05, 0.1) is 12.3 Å². The van der Waals surface area contributed by atoms with Gasteiger partial charge in [-0.1, -0.05) is 19.1 Å². The number of piperazine rings is 1. The summed E-state index contributed by atoms with van der Waals surface area (Å²) >= 11 is 0. The maximum Gasteiger partial charge on any atom is 0.142 e. The van der Waals surface area contributed by atoms with Gasteiger partial charge in [0.15, 0.2) is 0 Å². The van der Waals surface area contributed by atoms with Crippen LogP contribution in [0.3, 0.4) is 0 Å². The SMILES string of the molecule is CCOc1ccccc1N1CCNCC1CC. The van der Waals surface area contributed by atoms with Crippen LogP contribution in [-0.4, -0.2) is 32.3 Å². The van der Waals surface area contributed by atoms with E-state index >= 15 is 0 Å². The van der Waals surface area contributed by atoms with E-state index in [1.54, 1.807) is 0 Å². The summed E-state index contributed by atoms with van der Waals surface area (Å²) in [6, 6.07) is 8.93. The van der Waals surface area contributed by atoms with E-state index in [0.29, 0.717) is 6.04 Å². The molecule has 0 radical (unpaired) electrons. The molecule has 0 amide bonds. The first-order valence-corrected chi connectivity index (χ1v) is 6.56. The van der Waals surface area contributed by atoms with Crippen LogP contribution >= 0.6 is 0 Å². The quantitative estimate of drug-likeness (QED) is 0.865. The van der Waals surface area contributed by atoms with Gasteiger partial charge >= 0.3 is 0 Å². The molecule has 1 fully saturated rings. The van der Waals surface area contributed by atoms with Crippen molar-refractivity contribution in [1.82, 2.24) is 5.32 Å². The number of nitrogens with zero attached hydrogens (tertiary/aromatic N) is 1. The lowest BCUT2D eigenvalue weighted by atomic mass is 10.1. The minimum absolute atomic E-state index is 0.574. The number of ether oxygens (including phenoxy) is 1. The highest BCUT2D eigenvalue weighted by atomic mass is 16.5. The molecule has 0 saturated carbocycles. The third-order valence-electron chi connectivity index (χ3n) is 3.30. The van der Waals surface area contributed by atoms with Crippen molar-refractivity contribution >= 4 is 5.69 Å². The minimum atomic E-state index is 0.574. The van der Waals surface area contributed by atoms with Crippen LogP contribution < -0.4 is 15.0 Å². The fourth-order valence-electron chi connectivity index (χ4n) is 2.41. The number of hydrogen-bond donors (Lipinski definition) is 1. The summed E-state index contributed by atoms with van der Waals surface area (Å²) in [5, 5.41) is 3.45. The molecule has 1 aliphatic rings. The topological polar surface area (TPSA) is 24.5 Å². The Kier molecular flexibility index (Phi) is 4.26. The molecule has 2 rings (SSSR count). The van der Waals surface area contributed by atoms with Crippen molar-refractivity contribution in [3.63, 3.8) is 0 Å². The summed E-state index contributed by atoms with van der Waals surface area (Å²) < 4.78 is 5.72. The molecule has 1 aliphatic heterocycles. The maximum absolute atomic E-state index is 5.72. The Bertz CT molecular complexity index is 354. The van der Waals surface area contributed by atoms with Crippen LogP contribution in [0.5, 0.6) is 5.75 Å². The van der Waals surface area contributed by atoms with Gasteiger partial charge in [-0.3, -0.25) is 0 Å². The van der Waals surface area contributed by atoms with Crippen LogP contribution in [0.15, 0.2) is 24.3 Å². The first-order chi connectivity index (χ1) is 8.36. The van der Waals surface area contributed by atoms with Crippen LogP contribution in [0.2, 0.25) is 0 Å². The van der Waals surface area contributed by atoms with Crippen LogP contribution in [0.1, 0.15) is 20.3 Å². The summed E-state index contributed by atoms with van der Waals surface area (Å²) in [5.74, 6) is 1.01. The van der Waals surface area contributed by atoms with Crippen LogP contribution in [0, 0.1) is 0 Å². The first-order valence-electron chi connectivity index (χ1n) is 6.56. The van der Waals surface area contributed by atoms with Crippen LogP contribution in [0.4, 0.5) is 5.69 Å². The second kappa shape index (κ2) is 5.92. The summed E-state index contributed by atoms with van der Waals surface area (Å²) in [5.41, 5.74) is 1.24. The molecular weight excluding hydrogens is 212 g/mol. The zero-order valence-electron chi connectivity index (χ0n) is 10.8. The average molecular weight is 234 g/mol. The summed E-state index contributed by atoms with van der Waals surface area (Å²) in [4.78, 5) is 2.47. The summed E-state index contributed by atoms with van der Waals surface area (Å²) in [6.07, 6.45) is 1.16. The predicted molar refractivity (Wildman–Crippen MR) is 71.9 cm³/mol. The molecule has 1 aromatic rings. The fourth-order valence-corrected chi connectivity index (χ4v) is 2.41. The molecular formula is C14H22N2O. The second-order valence-corrected chi connectivity index (χ2v) is 4.36. The Hall–Kier alpha value is -1.22. The van der Waals surface area contributed by atoms with Crippen molar-refractivity contribution < 1.29 is 4.74 Å². The molecule has 1 heterocycles. The van der Waals surface area contributed by atoms with Crippen molar-refractivity contribution in [3.05, 3.63) is 24.3 Å². The van der Waals surface area contributed by atoms with Gasteiger partial charge in [-0.15, -0.1) is 0 Å². The van der Waals surface area contributed by atoms with Gasteiger partial charge in [-0.25, -0.2) is 0 Å². The number of anilines is 1. The third kappa shape index (κ3) is 2.72. The zero-order chi connectivity index (χ0) is 12.1. The van der Waals surface area contributed by atoms with Gasteiger partial charge in [0.1, 0.15) is 5.75 Å². The number of nitrogens with one attached hydrogen (secondary N) is 1. The van der Waals surface area contributed by atoms with Crippen LogP contribution in [0.25, 0.3) is 0 Å². The standard InChI is InChI=1S/C14H22N2O/c1-3-12-11-15-9-10-16(12)13-7-5-6-8-14(13)17-4-2/h5-8,12,15H,3-4,9-11H2,1-2H3. The molecule has 3 nitrogen and oxygen atoms in total. The molecule has 0 aliphatic carbocycles. The van der Waals surface area contributed by atoms with Crippen molar-refractivity contribution in [1.29, 1.82) is 0 Å². The summed E-state index contributed by atoms with van der Waals surface area (Å²) in [7, 11) is 0. The van der Waals surface area contributed by atoms with Gasteiger partial charge in [0.25, 0.3) is 0 Å². The largest absolute Gasteiger partial charge is 0.492 e. The lowest BCUT2D eigenvalue weighted by Crippen LogP contribution is -2.51. The number of benzene rings is 1. The molecule has 0 aromatic heterocycles. The fraction of sp³-hybridized carbons (Fsp3) is 0.571. The molecule has 0 spiro atoms. The molecule has 3 heteroatoms. The lowest BCUT2D eigenvalue weighted by Gasteiger charge is -2.38. The average Bonchev–Trinajstić information content (AvgIpc) is 2.40. The molecule has 1 aromatic carbocycles. The van der Waals surface area contributed by atoms with E-state index < -0.39 is 0 Å². The molecule has 1 N–H and O–H groups in total. The van der Waals surface area contributed by atoms with E-state index in [9.17, 15) is 0 Å². The molecule has 0 bridgehead atoms. The van der Waals surface area contributed by atoms with E-state index in [-0.39, 0.29) is 0 Å². The number of para-hydroxylation sites is 2. The third-order valence-corrected chi connectivity index (χ3v) is 3.30. The Morgan fingerprint density at radius 3 is 2.94 bits per heavy atom. The monoisotopic (exact) mass is 234 g/mol. The molecule has 17 heavy (non-hydrogen) atoms. The van der Waals surface area contributed by atoms with E-state index in [2.05, 4.69) is 35.3 Å². The van der Waals surface area contributed by atoms with E-state index in [4.69, 9.17) is 4.74 Å². The molecule has 1 unspecified atom stereocenters. The normalized spacial score (nSPS) is 20.4. The van der Waals surface area contributed by atoms with E-state index in [1.165, 1.54) is 5.69 Å². The van der Waals surface area contributed by atoms with Crippen molar-refractivity contribution in [2.45, 2.75) is 26.3 Å². The zero-order valence-corrected chi connectivity index (χ0v) is 10.8. The summed E-state index contributed by atoms with van der Waals surface area (Å²) in [6.45, 7) is 8.18. The number of hydrogen-bond acceptors (Lipinski definition) is 3. The Morgan fingerprint density at radius 1 is 1.35 bits per heavy atom. The van der Waals surface area contributed by atoms with Gasteiger partial charge in [0.2, 0.25) is 0 Å². The van der Waals surface area contributed by atoms with E-state index in [0.717, 1.165) is 38.4 Å². The van der Waals surface area contributed by atoms with Crippen molar-refractivity contribution in [3.8, 4) is 5.75 Å². The predicted octanol–water partition coefficient (Wildman–Crippen LogP) is 2.27. The smallest absolute Gasteiger partial charge is 0.142 e. The second-order valence-electron chi connectivity index (χ2n) is 4.36. The van der Waals surface area contributed by atoms with E-state index in [1.807, 2.05) is 13.0 Å². The maximum atomic E-state index is 5.72. The number of rotatable bonds is 4. The minimum Gasteiger partial charge on any atom is -0.492 e. The van der Waals surface area contributed by atoms with Gasteiger partial charge in [-0.05, 0) is 25.5 Å². The van der Waals surface area contributed by atoms with Gasteiger partial charge in [0, 0.05) is 25.7 Å². The Balaban J connectivity index is 2.24. The Labute approximate surface area is 104 Å². The van der Waals surface area contributed by atoms with Crippen molar-refractivity contribution in [2.75, 3.05) is 31.1 Å². The lowest BCUT2D eigenvalue weighted by molar-refractivity contribution is 0.337. The van der Waals surface area contributed by atoms with Crippen molar-refractivity contribution in [2.24, 2.45) is 0 Å². The van der Waals surface area contributed by atoms with Gasteiger partial charge < -0.3 is 15.0 Å². The van der Waals surface area contributed by atoms with Crippen LogP contribution in [-0.2, 0) is 0 Å².